The molecule has 0 bridgehead atoms. The van der Waals surface area contributed by atoms with Crippen molar-refractivity contribution in [3.05, 3.63) is 34.9 Å². The molecule has 5 nitrogen and oxygen atoms in total. The summed E-state index contributed by atoms with van der Waals surface area (Å²) in [5, 5.41) is 11.0. The van der Waals surface area contributed by atoms with Crippen molar-refractivity contribution >= 4 is 14.4 Å². The summed E-state index contributed by atoms with van der Waals surface area (Å²) >= 11 is 0. The molecule has 0 saturated heterocycles. The first-order chi connectivity index (χ1) is 13.1. The van der Waals surface area contributed by atoms with E-state index in [0.717, 1.165) is 17.5 Å². The van der Waals surface area contributed by atoms with Crippen LogP contribution in [0, 0.1) is 5.92 Å². The molecule has 1 aromatic rings. The summed E-state index contributed by atoms with van der Waals surface area (Å²) in [5.74, 6) is 0.0814. The third-order valence-electron chi connectivity index (χ3n) is 6.05. The van der Waals surface area contributed by atoms with Gasteiger partial charge in [0.15, 0.2) is 8.32 Å². The normalized spacial score (nSPS) is 19.8. The number of amides is 1. The van der Waals surface area contributed by atoms with Crippen molar-refractivity contribution in [1.82, 2.24) is 4.90 Å². The van der Waals surface area contributed by atoms with E-state index in [1.807, 2.05) is 32.9 Å². The standard InChI is InChI=1S/C23H39NO4Si/c1-22(2,3)28-21(26)24(7)14-16-10-11-17-13-18(20(25)19(17)12-16)15-27-29(8,9)23(4,5)6/h10-12,18,20,25H,13-15H2,1-9H3/t18-,20+/m1/s1. The lowest BCUT2D eigenvalue weighted by molar-refractivity contribution is 0.0285. The second-order valence-electron chi connectivity index (χ2n) is 10.8. The molecule has 164 valence electrons. The van der Waals surface area contributed by atoms with Gasteiger partial charge in [0.05, 0.1) is 6.10 Å². The Morgan fingerprint density at radius 1 is 1.21 bits per heavy atom. The van der Waals surface area contributed by atoms with Gasteiger partial charge in [-0.15, -0.1) is 0 Å². The molecule has 0 aromatic heterocycles. The number of carbonyl (C=O) groups is 1. The summed E-state index contributed by atoms with van der Waals surface area (Å²) in [6, 6.07) is 6.12. The highest BCUT2D eigenvalue weighted by atomic mass is 28.4. The lowest BCUT2D eigenvalue weighted by atomic mass is 10.0. The molecule has 6 heteroatoms. The molecule has 0 saturated carbocycles. The van der Waals surface area contributed by atoms with E-state index in [4.69, 9.17) is 9.16 Å². The van der Waals surface area contributed by atoms with Gasteiger partial charge in [0.2, 0.25) is 0 Å². The number of aliphatic hydroxyl groups excluding tert-OH is 1. The van der Waals surface area contributed by atoms with E-state index in [2.05, 4.69) is 39.9 Å². The molecule has 29 heavy (non-hydrogen) atoms. The number of carbonyl (C=O) groups excluding carboxylic acids is 1. The number of aliphatic hydroxyl groups is 1. The minimum atomic E-state index is -1.84. The number of benzene rings is 1. The zero-order chi connectivity index (χ0) is 22.2. The fourth-order valence-corrected chi connectivity index (χ4v) is 4.28. The summed E-state index contributed by atoms with van der Waals surface area (Å²) in [4.78, 5) is 13.8. The number of hydrogen-bond donors (Lipinski definition) is 1. The fraction of sp³-hybridized carbons (Fsp3) is 0.696. The zero-order valence-corrected chi connectivity index (χ0v) is 20.6. The van der Waals surface area contributed by atoms with Crippen molar-refractivity contribution in [2.45, 2.75) is 84.3 Å². The fourth-order valence-electron chi connectivity index (χ4n) is 3.21. The number of rotatable bonds is 5. The van der Waals surface area contributed by atoms with Gasteiger partial charge in [-0.25, -0.2) is 4.79 Å². The molecule has 0 heterocycles. The Morgan fingerprint density at radius 3 is 2.38 bits per heavy atom. The van der Waals surface area contributed by atoms with Crippen LogP contribution in [0.2, 0.25) is 18.1 Å². The van der Waals surface area contributed by atoms with E-state index in [-0.39, 0.29) is 17.0 Å². The van der Waals surface area contributed by atoms with E-state index < -0.39 is 20.0 Å². The molecule has 2 atom stereocenters. The summed E-state index contributed by atoms with van der Waals surface area (Å²) < 4.78 is 11.8. The van der Waals surface area contributed by atoms with Crippen molar-refractivity contribution < 1.29 is 19.1 Å². The van der Waals surface area contributed by atoms with Crippen molar-refractivity contribution in [3.8, 4) is 0 Å². The second-order valence-corrected chi connectivity index (χ2v) is 15.7. The van der Waals surface area contributed by atoms with Crippen LogP contribution in [-0.2, 0) is 22.1 Å². The summed E-state index contributed by atoms with van der Waals surface area (Å²) in [5.41, 5.74) is 2.60. The van der Waals surface area contributed by atoms with Crippen LogP contribution in [0.5, 0.6) is 0 Å². The molecular weight excluding hydrogens is 382 g/mol. The van der Waals surface area contributed by atoms with Crippen molar-refractivity contribution in [2.75, 3.05) is 13.7 Å². The minimum Gasteiger partial charge on any atom is -0.444 e. The Hall–Kier alpha value is -1.37. The highest BCUT2D eigenvalue weighted by Crippen LogP contribution is 2.40. The van der Waals surface area contributed by atoms with Gasteiger partial charge in [0, 0.05) is 26.1 Å². The highest BCUT2D eigenvalue weighted by Gasteiger charge is 2.39. The van der Waals surface area contributed by atoms with Gasteiger partial charge >= 0.3 is 6.09 Å². The Kier molecular flexibility index (Phi) is 6.92. The smallest absolute Gasteiger partial charge is 0.410 e. The molecule has 1 aliphatic rings. The lowest BCUT2D eigenvalue weighted by Crippen LogP contribution is -2.42. The quantitative estimate of drug-likeness (QED) is 0.657. The molecule has 0 unspecified atom stereocenters. The maximum atomic E-state index is 12.2. The van der Waals surface area contributed by atoms with Crippen LogP contribution in [0.15, 0.2) is 18.2 Å². The number of ether oxygens (including phenoxy) is 1. The molecule has 0 aliphatic heterocycles. The van der Waals surface area contributed by atoms with Crippen molar-refractivity contribution in [3.63, 3.8) is 0 Å². The van der Waals surface area contributed by atoms with Gasteiger partial charge in [-0.1, -0.05) is 39.0 Å². The van der Waals surface area contributed by atoms with Gasteiger partial charge in [-0.3, -0.25) is 0 Å². The van der Waals surface area contributed by atoms with E-state index in [1.54, 1.807) is 11.9 Å². The van der Waals surface area contributed by atoms with Crippen molar-refractivity contribution in [2.24, 2.45) is 5.92 Å². The van der Waals surface area contributed by atoms with Crippen molar-refractivity contribution in [1.29, 1.82) is 0 Å². The highest BCUT2D eigenvalue weighted by molar-refractivity contribution is 6.74. The number of hydrogen-bond acceptors (Lipinski definition) is 4. The molecule has 2 rings (SSSR count). The van der Waals surface area contributed by atoms with Crippen LogP contribution in [0.4, 0.5) is 4.79 Å². The Morgan fingerprint density at radius 2 is 1.83 bits per heavy atom. The number of fused-ring (bicyclic) bond motifs is 1. The maximum absolute atomic E-state index is 12.2. The molecule has 1 aliphatic carbocycles. The molecule has 1 amide bonds. The average Bonchev–Trinajstić information content (AvgIpc) is 2.86. The third-order valence-corrected chi connectivity index (χ3v) is 10.5. The topological polar surface area (TPSA) is 59.0 Å². The maximum Gasteiger partial charge on any atom is 0.410 e. The second kappa shape index (κ2) is 8.40. The van der Waals surface area contributed by atoms with Crippen LogP contribution >= 0.6 is 0 Å². The molecule has 1 N–H and O–H groups in total. The van der Waals surface area contributed by atoms with E-state index in [0.29, 0.717) is 13.2 Å². The minimum absolute atomic E-state index is 0.0814. The van der Waals surface area contributed by atoms with Gasteiger partial charge < -0.3 is 19.2 Å². The summed E-state index contributed by atoms with van der Waals surface area (Å²) in [6.07, 6.45) is -0.0476. The first kappa shape index (κ1) is 23.9. The van der Waals surface area contributed by atoms with Crippen LogP contribution < -0.4 is 0 Å². The largest absolute Gasteiger partial charge is 0.444 e. The van der Waals surface area contributed by atoms with Crippen LogP contribution in [0.3, 0.4) is 0 Å². The Labute approximate surface area is 177 Å². The van der Waals surface area contributed by atoms with Crippen LogP contribution in [0.25, 0.3) is 0 Å². The van der Waals surface area contributed by atoms with Crippen LogP contribution in [0.1, 0.15) is 64.3 Å². The summed E-state index contributed by atoms with van der Waals surface area (Å²) in [6.45, 7) is 17.8. The molecular formula is C23H39NO4Si. The van der Waals surface area contributed by atoms with E-state index >= 15 is 0 Å². The van der Waals surface area contributed by atoms with Gasteiger partial charge in [-0.2, -0.15) is 0 Å². The molecule has 0 radical (unpaired) electrons. The SMILES string of the molecule is CN(Cc1ccc2c(c1)[C@@H](O)[C@@H](CO[Si](C)(C)C(C)(C)C)C2)C(=O)OC(C)(C)C. The molecule has 0 spiro atoms. The molecule has 0 fully saturated rings. The first-order valence-corrected chi connectivity index (χ1v) is 13.4. The lowest BCUT2D eigenvalue weighted by Gasteiger charge is -2.37. The van der Waals surface area contributed by atoms with Gasteiger partial charge in [-0.05, 0) is 62.0 Å². The van der Waals surface area contributed by atoms with Gasteiger partial charge in [0.1, 0.15) is 5.60 Å². The number of nitrogens with zero attached hydrogens (tertiary/aromatic N) is 1. The van der Waals surface area contributed by atoms with Gasteiger partial charge in [0.25, 0.3) is 0 Å². The predicted molar refractivity (Wildman–Crippen MR) is 119 cm³/mol. The summed E-state index contributed by atoms with van der Waals surface area (Å²) in [7, 11) is -0.110. The molecule has 1 aromatic carbocycles. The predicted octanol–water partition coefficient (Wildman–Crippen LogP) is 5.28. The zero-order valence-electron chi connectivity index (χ0n) is 19.6. The average molecular weight is 422 g/mol. The Bertz CT molecular complexity index is 733. The van der Waals surface area contributed by atoms with Crippen LogP contribution in [-0.4, -0.2) is 43.7 Å². The van der Waals surface area contributed by atoms with E-state index in [9.17, 15) is 9.90 Å². The third kappa shape index (κ3) is 6.06. The van der Waals surface area contributed by atoms with E-state index in [1.165, 1.54) is 5.56 Å². The first-order valence-electron chi connectivity index (χ1n) is 10.5. The Balaban J connectivity index is 2.03. The monoisotopic (exact) mass is 421 g/mol.